The van der Waals surface area contributed by atoms with Crippen LogP contribution in [0.1, 0.15) is 33.9 Å². The third kappa shape index (κ3) is 3.91. The van der Waals surface area contributed by atoms with Crippen LogP contribution < -0.4 is 14.8 Å². The standard InChI is InChI=1S/C19H19NO5/c1-12-4-2-3-5-14(12)15(11-18(21)22)20-19(23)13-6-7-16-17(10-13)25-9-8-24-16/h2-7,10,15H,8-9,11H2,1H3,(H,20,23)(H,21,22). The number of carboxylic acid groups (broad SMARTS) is 1. The number of amides is 1. The molecule has 0 aromatic heterocycles. The van der Waals surface area contributed by atoms with Crippen LogP contribution in [0.2, 0.25) is 0 Å². The highest BCUT2D eigenvalue weighted by Crippen LogP contribution is 2.31. The summed E-state index contributed by atoms with van der Waals surface area (Å²) in [5.74, 6) is -0.212. The van der Waals surface area contributed by atoms with Gasteiger partial charge in [0.1, 0.15) is 13.2 Å². The van der Waals surface area contributed by atoms with Crippen LogP contribution in [-0.4, -0.2) is 30.2 Å². The minimum absolute atomic E-state index is 0.193. The van der Waals surface area contributed by atoms with E-state index in [1.54, 1.807) is 18.2 Å². The normalized spacial score (nSPS) is 13.8. The molecule has 1 heterocycles. The average Bonchev–Trinajstić information content (AvgIpc) is 2.60. The summed E-state index contributed by atoms with van der Waals surface area (Å²) in [6.45, 7) is 2.80. The minimum Gasteiger partial charge on any atom is -0.486 e. The minimum atomic E-state index is -0.976. The predicted octanol–water partition coefficient (Wildman–Crippen LogP) is 2.71. The Balaban J connectivity index is 1.83. The second-order valence-corrected chi connectivity index (χ2v) is 5.84. The van der Waals surface area contributed by atoms with Crippen molar-refractivity contribution in [3.05, 3.63) is 59.2 Å². The molecule has 0 spiro atoms. The Morgan fingerprint density at radius 3 is 2.56 bits per heavy atom. The van der Waals surface area contributed by atoms with E-state index >= 15 is 0 Å². The number of carboxylic acids is 1. The van der Waals surface area contributed by atoms with E-state index in [9.17, 15) is 14.7 Å². The Morgan fingerprint density at radius 1 is 1.12 bits per heavy atom. The van der Waals surface area contributed by atoms with Crippen LogP contribution in [0.4, 0.5) is 0 Å². The summed E-state index contributed by atoms with van der Waals surface area (Å²) >= 11 is 0. The van der Waals surface area contributed by atoms with Gasteiger partial charge in [-0.25, -0.2) is 0 Å². The molecule has 0 saturated heterocycles. The first-order chi connectivity index (χ1) is 12.0. The molecule has 1 aliphatic heterocycles. The molecule has 130 valence electrons. The van der Waals surface area contributed by atoms with E-state index in [-0.39, 0.29) is 12.3 Å². The first-order valence-electron chi connectivity index (χ1n) is 8.02. The van der Waals surface area contributed by atoms with Crippen molar-refractivity contribution in [2.45, 2.75) is 19.4 Å². The number of ether oxygens (including phenoxy) is 2. The van der Waals surface area contributed by atoms with Crippen molar-refractivity contribution in [1.82, 2.24) is 5.32 Å². The van der Waals surface area contributed by atoms with Gasteiger partial charge >= 0.3 is 5.97 Å². The summed E-state index contributed by atoms with van der Waals surface area (Å²) in [4.78, 5) is 23.8. The lowest BCUT2D eigenvalue weighted by molar-refractivity contribution is -0.137. The van der Waals surface area contributed by atoms with Crippen molar-refractivity contribution in [1.29, 1.82) is 0 Å². The zero-order chi connectivity index (χ0) is 17.8. The molecule has 1 aliphatic rings. The number of carbonyl (C=O) groups excluding carboxylic acids is 1. The Hall–Kier alpha value is -3.02. The number of fused-ring (bicyclic) bond motifs is 1. The van der Waals surface area contributed by atoms with Gasteiger partial charge in [0.2, 0.25) is 0 Å². The average molecular weight is 341 g/mol. The van der Waals surface area contributed by atoms with Crippen molar-refractivity contribution in [2.75, 3.05) is 13.2 Å². The molecule has 2 aromatic rings. The summed E-state index contributed by atoms with van der Waals surface area (Å²) in [5.41, 5.74) is 2.11. The van der Waals surface area contributed by atoms with Crippen molar-refractivity contribution >= 4 is 11.9 Å². The van der Waals surface area contributed by atoms with E-state index in [0.717, 1.165) is 11.1 Å². The van der Waals surface area contributed by atoms with Crippen molar-refractivity contribution in [2.24, 2.45) is 0 Å². The number of aliphatic carboxylic acids is 1. The maximum Gasteiger partial charge on any atom is 0.305 e. The van der Waals surface area contributed by atoms with Crippen LogP contribution in [0.25, 0.3) is 0 Å². The van der Waals surface area contributed by atoms with Gasteiger partial charge in [-0.1, -0.05) is 24.3 Å². The highest BCUT2D eigenvalue weighted by molar-refractivity contribution is 5.95. The summed E-state index contributed by atoms with van der Waals surface area (Å²) in [6.07, 6.45) is -0.193. The summed E-state index contributed by atoms with van der Waals surface area (Å²) in [6, 6.07) is 11.7. The SMILES string of the molecule is Cc1ccccc1C(CC(=O)O)NC(=O)c1ccc2c(c1)OCCO2. The Bertz CT molecular complexity index is 802. The Morgan fingerprint density at radius 2 is 1.84 bits per heavy atom. The third-order valence-electron chi connectivity index (χ3n) is 4.05. The molecule has 1 amide bonds. The fraction of sp³-hybridized carbons (Fsp3) is 0.263. The topological polar surface area (TPSA) is 84.9 Å². The van der Waals surface area contributed by atoms with E-state index in [4.69, 9.17) is 9.47 Å². The molecule has 0 aliphatic carbocycles. The summed E-state index contributed by atoms with van der Waals surface area (Å²) < 4.78 is 10.9. The molecule has 1 atom stereocenters. The molecule has 1 unspecified atom stereocenters. The number of nitrogens with one attached hydrogen (secondary N) is 1. The first-order valence-corrected chi connectivity index (χ1v) is 8.02. The zero-order valence-electron chi connectivity index (χ0n) is 13.8. The quantitative estimate of drug-likeness (QED) is 0.873. The molecular formula is C19H19NO5. The van der Waals surface area contributed by atoms with Gasteiger partial charge in [0.25, 0.3) is 5.91 Å². The van der Waals surface area contributed by atoms with E-state index in [0.29, 0.717) is 30.3 Å². The van der Waals surface area contributed by atoms with Crippen LogP contribution in [0.5, 0.6) is 11.5 Å². The lowest BCUT2D eigenvalue weighted by Gasteiger charge is -2.21. The largest absolute Gasteiger partial charge is 0.486 e. The zero-order valence-corrected chi connectivity index (χ0v) is 13.8. The van der Waals surface area contributed by atoms with Crippen molar-refractivity contribution in [3.8, 4) is 11.5 Å². The maximum absolute atomic E-state index is 12.6. The molecule has 6 heteroatoms. The van der Waals surface area contributed by atoms with Crippen LogP contribution in [0.15, 0.2) is 42.5 Å². The molecule has 0 fully saturated rings. The second-order valence-electron chi connectivity index (χ2n) is 5.84. The molecule has 2 aromatic carbocycles. The van der Waals surface area contributed by atoms with Gasteiger partial charge in [0.15, 0.2) is 11.5 Å². The molecule has 0 bridgehead atoms. The second kappa shape index (κ2) is 7.25. The monoisotopic (exact) mass is 341 g/mol. The van der Waals surface area contributed by atoms with Crippen LogP contribution >= 0.6 is 0 Å². The van der Waals surface area contributed by atoms with Gasteiger partial charge in [0.05, 0.1) is 12.5 Å². The van der Waals surface area contributed by atoms with Gasteiger partial charge in [-0.15, -0.1) is 0 Å². The molecular weight excluding hydrogens is 322 g/mol. The lowest BCUT2D eigenvalue weighted by atomic mass is 9.98. The van der Waals surface area contributed by atoms with E-state index in [1.807, 2.05) is 31.2 Å². The van der Waals surface area contributed by atoms with Crippen molar-refractivity contribution < 1.29 is 24.2 Å². The highest BCUT2D eigenvalue weighted by atomic mass is 16.6. The van der Waals surface area contributed by atoms with Gasteiger partial charge in [-0.2, -0.15) is 0 Å². The summed E-state index contributed by atoms with van der Waals surface area (Å²) in [7, 11) is 0. The molecule has 6 nitrogen and oxygen atoms in total. The predicted molar refractivity (Wildman–Crippen MR) is 91.1 cm³/mol. The molecule has 3 rings (SSSR count). The van der Waals surface area contributed by atoms with E-state index in [2.05, 4.69) is 5.32 Å². The smallest absolute Gasteiger partial charge is 0.305 e. The van der Waals surface area contributed by atoms with Gasteiger partial charge < -0.3 is 19.9 Å². The maximum atomic E-state index is 12.6. The third-order valence-corrected chi connectivity index (χ3v) is 4.05. The number of hydrogen-bond acceptors (Lipinski definition) is 4. The molecule has 2 N–H and O–H groups in total. The number of rotatable bonds is 5. The van der Waals surface area contributed by atoms with Gasteiger partial charge in [-0.3, -0.25) is 9.59 Å². The number of carbonyl (C=O) groups is 2. The fourth-order valence-corrected chi connectivity index (χ4v) is 2.82. The lowest BCUT2D eigenvalue weighted by Crippen LogP contribution is -2.30. The number of hydrogen-bond donors (Lipinski definition) is 2. The van der Waals surface area contributed by atoms with Crippen LogP contribution in [-0.2, 0) is 4.79 Å². The van der Waals surface area contributed by atoms with Gasteiger partial charge in [0, 0.05) is 5.56 Å². The van der Waals surface area contributed by atoms with Crippen LogP contribution in [0, 0.1) is 6.92 Å². The highest BCUT2D eigenvalue weighted by Gasteiger charge is 2.21. The molecule has 0 saturated carbocycles. The molecule has 25 heavy (non-hydrogen) atoms. The number of aryl methyl sites for hydroxylation is 1. The number of benzene rings is 2. The Kier molecular flexibility index (Phi) is 4.88. The molecule has 0 radical (unpaired) electrons. The fourth-order valence-electron chi connectivity index (χ4n) is 2.82. The van der Waals surface area contributed by atoms with Gasteiger partial charge in [-0.05, 0) is 36.2 Å². The first kappa shape index (κ1) is 16.8. The van der Waals surface area contributed by atoms with E-state index in [1.165, 1.54) is 0 Å². The van der Waals surface area contributed by atoms with Crippen LogP contribution in [0.3, 0.4) is 0 Å². The summed E-state index contributed by atoms with van der Waals surface area (Å²) in [5, 5.41) is 12.0. The van der Waals surface area contributed by atoms with Crippen molar-refractivity contribution in [3.63, 3.8) is 0 Å². The Labute approximate surface area is 145 Å². The van der Waals surface area contributed by atoms with E-state index < -0.39 is 12.0 Å².